The SMILES string of the molecule is [B]n1c(C)nc2ccccc2c1=O. The molecule has 0 N–H and O–H groups in total. The van der Waals surface area contributed by atoms with Gasteiger partial charge >= 0.3 is 0 Å². The number of rotatable bonds is 0. The molecule has 0 aliphatic heterocycles. The van der Waals surface area contributed by atoms with E-state index < -0.39 is 0 Å². The molecule has 2 radical (unpaired) electrons. The fraction of sp³-hybridized carbons (Fsp3) is 0.111. The van der Waals surface area contributed by atoms with Crippen LogP contribution in [0, 0.1) is 6.92 Å². The molecule has 13 heavy (non-hydrogen) atoms. The first-order valence-electron chi connectivity index (χ1n) is 3.93. The van der Waals surface area contributed by atoms with Crippen molar-refractivity contribution in [3.8, 4) is 0 Å². The molecule has 1 aromatic heterocycles. The Hall–Kier alpha value is -1.58. The Bertz CT molecular complexity index is 518. The first-order chi connectivity index (χ1) is 6.20. The van der Waals surface area contributed by atoms with Crippen LogP contribution in [0.3, 0.4) is 0 Å². The predicted molar refractivity (Wildman–Crippen MR) is 51.9 cm³/mol. The summed E-state index contributed by atoms with van der Waals surface area (Å²) >= 11 is 0. The zero-order valence-corrected chi connectivity index (χ0v) is 7.19. The lowest BCUT2D eigenvalue weighted by atomic mass is 10.2. The Morgan fingerprint density at radius 2 is 2.08 bits per heavy atom. The van der Waals surface area contributed by atoms with Gasteiger partial charge in [-0.1, -0.05) is 12.1 Å². The normalized spacial score (nSPS) is 10.5. The van der Waals surface area contributed by atoms with Crippen LogP contribution in [0.1, 0.15) is 5.82 Å². The molecule has 2 rings (SSSR count). The minimum atomic E-state index is -0.205. The van der Waals surface area contributed by atoms with E-state index >= 15 is 0 Å². The lowest BCUT2D eigenvalue weighted by Crippen LogP contribution is -2.21. The summed E-state index contributed by atoms with van der Waals surface area (Å²) in [6.45, 7) is 1.70. The van der Waals surface area contributed by atoms with Gasteiger partial charge in [0, 0.05) is 0 Å². The molecule has 0 aliphatic rings. The van der Waals surface area contributed by atoms with Crippen molar-refractivity contribution in [1.29, 1.82) is 0 Å². The molecule has 0 spiro atoms. The van der Waals surface area contributed by atoms with Crippen LogP contribution >= 0.6 is 0 Å². The average molecular weight is 170 g/mol. The van der Waals surface area contributed by atoms with Crippen LogP contribution in [0.2, 0.25) is 0 Å². The van der Waals surface area contributed by atoms with Crippen molar-refractivity contribution in [1.82, 2.24) is 9.46 Å². The molecule has 62 valence electrons. The maximum Gasteiger partial charge on any atom is 0.248 e. The summed E-state index contributed by atoms with van der Waals surface area (Å²) in [5.41, 5.74) is 0.481. The second-order valence-corrected chi connectivity index (χ2v) is 2.85. The van der Waals surface area contributed by atoms with Gasteiger partial charge in [0.05, 0.1) is 16.7 Å². The zero-order chi connectivity index (χ0) is 9.42. The fourth-order valence-electron chi connectivity index (χ4n) is 1.26. The van der Waals surface area contributed by atoms with Crippen LogP contribution in [-0.4, -0.2) is 17.4 Å². The summed E-state index contributed by atoms with van der Waals surface area (Å²) in [4.78, 5) is 15.7. The molecule has 0 amide bonds. The van der Waals surface area contributed by atoms with E-state index in [0.717, 1.165) is 4.48 Å². The largest absolute Gasteiger partial charge is 0.354 e. The second kappa shape index (κ2) is 2.73. The van der Waals surface area contributed by atoms with Crippen molar-refractivity contribution in [2.45, 2.75) is 6.92 Å². The van der Waals surface area contributed by atoms with Crippen LogP contribution in [0.15, 0.2) is 29.1 Å². The molecular weight excluding hydrogens is 163 g/mol. The molecule has 4 heteroatoms. The highest BCUT2D eigenvalue weighted by molar-refractivity contribution is 6.07. The highest BCUT2D eigenvalue weighted by Gasteiger charge is 2.02. The smallest absolute Gasteiger partial charge is 0.248 e. The van der Waals surface area contributed by atoms with Gasteiger partial charge in [0.15, 0.2) is 0 Å². The molecule has 0 unspecified atom stereocenters. The first-order valence-corrected chi connectivity index (χ1v) is 3.93. The third kappa shape index (κ3) is 1.14. The molecule has 0 saturated heterocycles. The van der Waals surface area contributed by atoms with Crippen LogP contribution in [0.5, 0.6) is 0 Å². The fourth-order valence-corrected chi connectivity index (χ4v) is 1.26. The lowest BCUT2D eigenvalue weighted by Gasteiger charge is -2.04. The summed E-state index contributed by atoms with van der Waals surface area (Å²) in [7, 11) is 5.49. The minimum absolute atomic E-state index is 0.205. The molecule has 1 aromatic carbocycles. The molecule has 1 heterocycles. The average Bonchev–Trinajstić information content (AvgIpc) is 2.15. The van der Waals surface area contributed by atoms with Gasteiger partial charge in [-0.15, -0.1) is 0 Å². The van der Waals surface area contributed by atoms with Gasteiger partial charge in [0.1, 0.15) is 0 Å². The zero-order valence-electron chi connectivity index (χ0n) is 7.19. The van der Waals surface area contributed by atoms with E-state index in [1.165, 1.54) is 0 Å². The molecule has 0 aliphatic carbocycles. The van der Waals surface area contributed by atoms with E-state index in [0.29, 0.717) is 16.7 Å². The number of nitrogens with zero attached hydrogens (tertiary/aromatic N) is 2. The number of aromatic nitrogens is 2. The number of fused-ring (bicyclic) bond motifs is 1. The van der Waals surface area contributed by atoms with Gasteiger partial charge in [0.25, 0.3) is 0 Å². The summed E-state index contributed by atoms with van der Waals surface area (Å²) < 4.78 is 1.06. The maximum absolute atomic E-state index is 11.5. The standard InChI is InChI=1S/C9H7BN2O/c1-6-11-8-5-3-2-4-7(8)9(13)12(6)10/h2-5H,1H3. The minimum Gasteiger partial charge on any atom is -0.354 e. The van der Waals surface area contributed by atoms with Crippen LogP contribution < -0.4 is 5.56 Å². The molecule has 0 fully saturated rings. The topological polar surface area (TPSA) is 34.9 Å². The van der Waals surface area contributed by atoms with Gasteiger partial charge in [-0.3, -0.25) is 4.79 Å². The van der Waals surface area contributed by atoms with Gasteiger partial charge in [-0.25, -0.2) is 4.98 Å². The Balaban J connectivity index is 3.03. The van der Waals surface area contributed by atoms with E-state index in [9.17, 15) is 4.79 Å². The molecule has 2 aromatic rings. The number of para-hydroxylation sites is 1. The maximum atomic E-state index is 11.5. The Morgan fingerprint density at radius 3 is 2.85 bits per heavy atom. The summed E-state index contributed by atoms with van der Waals surface area (Å²) in [6.07, 6.45) is 0. The predicted octanol–water partition coefficient (Wildman–Crippen LogP) is 0.637. The van der Waals surface area contributed by atoms with Gasteiger partial charge < -0.3 is 4.48 Å². The van der Waals surface area contributed by atoms with Crippen molar-refractivity contribution in [2.24, 2.45) is 0 Å². The van der Waals surface area contributed by atoms with E-state index in [1.54, 1.807) is 25.1 Å². The van der Waals surface area contributed by atoms with Crippen LogP contribution in [0.4, 0.5) is 0 Å². The highest BCUT2D eigenvalue weighted by atomic mass is 16.1. The Morgan fingerprint density at radius 1 is 1.38 bits per heavy atom. The van der Waals surface area contributed by atoms with Crippen molar-refractivity contribution in [2.75, 3.05) is 0 Å². The van der Waals surface area contributed by atoms with Gasteiger partial charge in [-0.05, 0) is 19.1 Å². The molecule has 0 saturated carbocycles. The van der Waals surface area contributed by atoms with E-state index in [-0.39, 0.29) is 5.56 Å². The number of aryl methyl sites for hydroxylation is 1. The third-order valence-electron chi connectivity index (χ3n) is 1.98. The summed E-state index contributed by atoms with van der Waals surface area (Å²) in [5, 5.41) is 0.551. The lowest BCUT2D eigenvalue weighted by molar-refractivity contribution is 0.986. The Kier molecular flexibility index (Phi) is 1.69. The van der Waals surface area contributed by atoms with Crippen molar-refractivity contribution in [3.05, 3.63) is 40.4 Å². The summed E-state index contributed by atoms with van der Waals surface area (Å²) in [5.74, 6) is 0.517. The van der Waals surface area contributed by atoms with Crippen LogP contribution in [0.25, 0.3) is 10.9 Å². The van der Waals surface area contributed by atoms with E-state index in [2.05, 4.69) is 4.98 Å². The monoisotopic (exact) mass is 170 g/mol. The first kappa shape index (κ1) is 8.04. The summed E-state index contributed by atoms with van der Waals surface area (Å²) in [6, 6.07) is 7.15. The molecular formula is C9H7BN2O. The van der Waals surface area contributed by atoms with Crippen molar-refractivity contribution >= 4 is 18.9 Å². The molecule has 0 atom stereocenters. The molecule has 0 bridgehead atoms. The van der Waals surface area contributed by atoms with Gasteiger partial charge in [-0.2, -0.15) is 0 Å². The van der Waals surface area contributed by atoms with E-state index in [1.807, 2.05) is 6.07 Å². The number of hydrogen-bond acceptors (Lipinski definition) is 2. The highest BCUT2D eigenvalue weighted by Crippen LogP contribution is 2.05. The molecule has 3 nitrogen and oxygen atoms in total. The third-order valence-corrected chi connectivity index (χ3v) is 1.98. The van der Waals surface area contributed by atoms with Gasteiger partial charge in [0.2, 0.25) is 13.5 Å². The van der Waals surface area contributed by atoms with E-state index in [4.69, 9.17) is 7.98 Å². The number of hydrogen-bond donors (Lipinski definition) is 0. The second-order valence-electron chi connectivity index (χ2n) is 2.85. The Labute approximate surface area is 76.5 Å². The number of benzene rings is 1. The van der Waals surface area contributed by atoms with Crippen LogP contribution in [-0.2, 0) is 0 Å². The van der Waals surface area contributed by atoms with Crippen molar-refractivity contribution in [3.63, 3.8) is 0 Å². The van der Waals surface area contributed by atoms with Crippen molar-refractivity contribution < 1.29 is 0 Å². The quantitative estimate of drug-likeness (QED) is 0.543.